The summed E-state index contributed by atoms with van der Waals surface area (Å²) in [6, 6.07) is 23.7. The van der Waals surface area contributed by atoms with E-state index in [1.54, 1.807) is 32.4 Å². The lowest BCUT2D eigenvalue weighted by atomic mass is 10.0. The Balaban J connectivity index is 1.69. The standard InChI is InChI=1S/C25H22N2O4/c1-30-20-13-11-17(12-14-20)16-27-24(28)22(18-7-4-3-5-8-18)23(25(27)29)26-19-9-6-10-21(15-19)31-2/h3-15,26H,16H2,1-2H3. The van der Waals surface area contributed by atoms with Gasteiger partial charge in [0.05, 0.1) is 26.3 Å². The van der Waals surface area contributed by atoms with Crippen molar-refractivity contribution >= 4 is 23.1 Å². The van der Waals surface area contributed by atoms with Crippen LogP contribution in [0.5, 0.6) is 11.5 Å². The van der Waals surface area contributed by atoms with Gasteiger partial charge in [-0.15, -0.1) is 0 Å². The van der Waals surface area contributed by atoms with Crippen LogP contribution in [0, 0.1) is 0 Å². The molecule has 1 aliphatic rings. The molecule has 0 saturated carbocycles. The van der Waals surface area contributed by atoms with E-state index in [0.717, 1.165) is 5.56 Å². The van der Waals surface area contributed by atoms with Crippen LogP contribution < -0.4 is 14.8 Å². The van der Waals surface area contributed by atoms with Gasteiger partial charge >= 0.3 is 0 Å². The monoisotopic (exact) mass is 414 g/mol. The summed E-state index contributed by atoms with van der Waals surface area (Å²) in [5, 5.41) is 3.15. The molecule has 4 rings (SSSR count). The van der Waals surface area contributed by atoms with Gasteiger partial charge in [0.2, 0.25) is 0 Å². The molecule has 0 unspecified atom stereocenters. The summed E-state index contributed by atoms with van der Waals surface area (Å²) in [6.07, 6.45) is 0. The Bertz CT molecular complexity index is 1140. The average Bonchev–Trinajstić information content (AvgIpc) is 3.04. The third-order valence-corrected chi connectivity index (χ3v) is 5.07. The topological polar surface area (TPSA) is 67.9 Å². The molecule has 3 aromatic carbocycles. The van der Waals surface area contributed by atoms with Crippen molar-refractivity contribution in [3.8, 4) is 11.5 Å². The van der Waals surface area contributed by atoms with E-state index >= 15 is 0 Å². The lowest BCUT2D eigenvalue weighted by Crippen LogP contribution is -2.32. The second-order valence-electron chi connectivity index (χ2n) is 7.02. The summed E-state index contributed by atoms with van der Waals surface area (Å²) in [5.41, 5.74) is 2.77. The molecular weight excluding hydrogens is 392 g/mol. The number of rotatable bonds is 7. The van der Waals surface area contributed by atoms with Crippen LogP contribution in [-0.4, -0.2) is 30.9 Å². The largest absolute Gasteiger partial charge is 0.497 e. The molecule has 1 N–H and O–H groups in total. The van der Waals surface area contributed by atoms with Crippen LogP contribution in [0.25, 0.3) is 5.57 Å². The zero-order valence-corrected chi connectivity index (χ0v) is 17.3. The van der Waals surface area contributed by atoms with E-state index in [4.69, 9.17) is 9.47 Å². The van der Waals surface area contributed by atoms with Crippen molar-refractivity contribution in [1.82, 2.24) is 4.90 Å². The summed E-state index contributed by atoms with van der Waals surface area (Å²) in [5.74, 6) is 0.657. The Hall–Kier alpha value is -4.06. The Morgan fingerprint density at radius 3 is 2.16 bits per heavy atom. The van der Waals surface area contributed by atoms with Crippen LogP contribution in [-0.2, 0) is 16.1 Å². The number of amides is 2. The van der Waals surface area contributed by atoms with E-state index < -0.39 is 0 Å². The van der Waals surface area contributed by atoms with Crippen molar-refractivity contribution in [2.45, 2.75) is 6.54 Å². The third kappa shape index (κ3) is 4.14. The molecule has 0 aromatic heterocycles. The first kappa shape index (κ1) is 20.2. The normalized spacial score (nSPS) is 13.5. The van der Waals surface area contributed by atoms with E-state index in [2.05, 4.69) is 5.32 Å². The first-order valence-electron chi connectivity index (χ1n) is 9.80. The summed E-state index contributed by atoms with van der Waals surface area (Å²) in [7, 11) is 3.17. The van der Waals surface area contributed by atoms with Crippen molar-refractivity contribution in [1.29, 1.82) is 0 Å². The minimum atomic E-state index is -0.373. The highest BCUT2D eigenvalue weighted by Gasteiger charge is 2.39. The number of nitrogens with zero attached hydrogens (tertiary/aromatic N) is 1. The van der Waals surface area contributed by atoms with Crippen LogP contribution in [0.1, 0.15) is 11.1 Å². The SMILES string of the molecule is COc1ccc(CN2C(=O)C(Nc3cccc(OC)c3)=C(c3ccccc3)C2=O)cc1. The lowest BCUT2D eigenvalue weighted by molar-refractivity contribution is -0.137. The molecule has 156 valence electrons. The molecule has 31 heavy (non-hydrogen) atoms. The van der Waals surface area contributed by atoms with Gasteiger partial charge in [0.25, 0.3) is 11.8 Å². The van der Waals surface area contributed by atoms with E-state index in [1.165, 1.54) is 4.90 Å². The Kier molecular flexibility index (Phi) is 5.71. The smallest absolute Gasteiger partial charge is 0.278 e. The number of methoxy groups -OCH3 is 2. The fourth-order valence-corrected chi connectivity index (χ4v) is 3.47. The number of hydrogen-bond acceptors (Lipinski definition) is 5. The van der Waals surface area contributed by atoms with E-state index in [-0.39, 0.29) is 24.1 Å². The lowest BCUT2D eigenvalue weighted by Gasteiger charge is -2.16. The van der Waals surface area contributed by atoms with Crippen molar-refractivity contribution in [3.05, 3.63) is 95.7 Å². The number of carbonyl (C=O) groups is 2. The maximum Gasteiger partial charge on any atom is 0.278 e. The summed E-state index contributed by atoms with van der Waals surface area (Å²) < 4.78 is 10.5. The molecule has 1 heterocycles. The van der Waals surface area contributed by atoms with Crippen molar-refractivity contribution in [2.75, 3.05) is 19.5 Å². The molecule has 6 nitrogen and oxygen atoms in total. The molecule has 0 aliphatic carbocycles. The minimum Gasteiger partial charge on any atom is -0.497 e. The van der Waals surface area contributed by atoms with Crippen LogP contribution in [0.3, 0.4) is 0 Å². The Morgan fingerprint density at radius 1 is 0.774 bits per heavy atom. The van der Waals surface area contributed by atoms with Crippen molar-refractivity contribution in [2.24, 2.45) is 0 Å². The van der Waals surface area contributed by atoms with Crippen LogP contribution in [0.4, 0.5) is 5.69 Å². The van der Waals surface area contributed by atoms with E-state index in [9.17, 15) is 9.59 Å². The molecule has 0 spiro atoms. The maximum atomic E-state index is 13.3. The Labute approximate surface area is 180 Å². The zero-order chi connectivity index (χ0) is 21.8. The molecule has 0 bridgehead atoms. The average molecular weight is 414 g/mol. The predicted octanol–water partition coefficient (Wildman–Crippen LogP) is 4.10. The molecule has 0 radical (unpaired) electrons. The number of benzene rings is 3. The van der Waals surface area contributed by atoms with Gasteiger partial charge in [0.15, 0.2) is 0 Å². The van der Waals surface area contributed by atoms with Crippen LogP contribution in [0.15, 0.2) is 84.6 Å². The van der Waals surface area contributed by atoms with Crippen LogP contribution in [0.2, 0.25) is 0 Å². The van der Waals surface area contributed by atoms with E-state index in [0.29, 0.717) is 28.3 Å². The second-order valence-corrected chi connectivity index (χ2v) is 7.02. The summed E-state index contributed by atoms with van der Waals surface area (Å²) >= 11 is 0. The van der Waals surface area contributed by atoms with Gasteiger partial charge in [-0.25, -0.2) is 0 Å². The van der Waals surface area contributed by atoms with Gasteiger partial charge in [-0.2, -0.15) is 0 Å². The summed E-state index contributed by atoms with van der Waals surface area (Å²) in [4.78, 5) is 27.9. The first-order valence-corrected chi connectivity index (χ1v) is 9.80. The molecule has 0 fully saturated rings. The van der Waals surface area contributed by atoms with Gasteiger partial charge < -0.3 is 14.8 Å². The summed E-state index contributed by atoms with van der Waals surface area (Å²) in [6.45, 7) is 0.168. The number of anilines is 1. The number of imide groups is 1. The molecule has 0 atom stereocenters. The van der Waals surface area contributed by atoms with Gasteiger partial charge in [-0.1, -0.05) is 48.5 Å². The van der Waals surface area contributed by atoms with Gasteiger partial charge in [-0.05, 0) is 35.4 Å². The number of ether oxygens (including phenoxy) is 2. The third-order valence-electron chi connectivity index (χ3n) is 5.07. The highest BCUT2D eigenvalue weighted by Crippen LogP contribution is 2.32. The maximum absolute atomic E-state index is 13.3. The van der Waals surface area contributed by atoms with Gasteiger partial charge in [0, 0.05) is 11.8 Å². The highest BCUT2D eigenvalue weighted by molar-refractivity contribution is 6.36. The highest BCUT2D eigenvalue weighted by atomic mass is 16.5. The van der Waals surface area contributed by atoms with Gasteiger partial charge in [0.1, 0.15) is 17.2 Å². The first-order chi connectivity index (χ1) is 15.1. The fourth-order valence-electron chi connectivity index (χ4n) is 3.47. The van der Waals surface area contributed by atoms with Crippen molar-refractivity contribution < 1.29 is 19.1 Å². The van der Waals surface area contributed by atoms with Crippen LogP contribution >= 0.6 is 0 Å². The number of nitrogens with one attached hydrogen (secondary N) is 1. The number of hydrogen-bond donors (Lipinski definition) is 1. The van der Waals surface area contributed by atoms with Crippen molar-refractivity contribution in [3.63, 3.8) is 0 Å². The van der Waals surface area contributed by atoms with E-state index in [1.807, 2.05) is 60.7 Å². The fraction of sp³-hybridized carbons (Fsp3) is 0.120. The quantitative estimate of drug-likeness (QED) is 0.590. The molecule has 1 aliphatic heterocycles. The molecule has 0 saturated heterocycles. The second kappa shape index (κ2) is 8.75. The minimum absolute atomic E-state index is 0.168. The molecular formula is C25H22N2O4. The number of carbonyl (C=O) groups excluding carboxylic acids is 2. The van der Waals surface area contributed by atoms with Gasteiger partial charge in [-0.3, -0.25) is 14.5 Å². The molecule has 6 heteroatoms. The molecule has 3 aromatic rings. The predicted molar refractivity (Wildman–Crippen MR) is 119 cm³/mol. The Morgan fingerprint density at radius 2 is 1.48 bits per heavy atom. The molecule has 2 amide bonds. The zero-order valence-electron chi connectivity index (χ0n) is 17.3.